The molecule has 1 aliphatic carbocycles. The van der Waals surface area contributed by atoms with Crippen LogP contribution in [0.2, 0.25) is 0 Å². The molecular weight excluding hydrogens is 234 g/mol. The second-order valence-corrected chi connectivity index (χ2v) is 5.98. The van der Waals surface area contributed by atoms with Gasteiger partial charge in [0.1, 0.15) is 11.9 Å². The third-order valence-electron chi connectivity index (χ3n) is 3.68. The number of hydrogen-bond acceptors (Lipinski definition) is 2. The number of rotatable bonds is 8. The first-order chi connectivity index (χ1) is 9.19. The molecular formula is C17H27NO. The Hall–Kier alpha value is -1.02. The van der Waals surface area contributed by atoms with Gasteiger partial charge in [-0.3, -0.25) is 0 Å². The topological polar surface area (TPSA) is 21.3 Å². The fourth-order valence-electron chi connectivity index (χ4n) is 2.18. The fraction of sp³-hybridized carbons (Fsp3) is 0.647. The maximum Gasteiger partial charge on any atom is 0.119 e. The molecule has 0 saturated heterocycles. The Morgan fingerprint density at radius 3 is 2.42 bits per heavy atom. The van der Waals surface area contributed by atoms with Gasteiger partial charge in [-0.1, -0.05) is 39.3 Å². The summed E-state index contributed by atoms with van der Waals surface area (Å²) in [6, 6.07) is 9.33. The van der Waals surface area contributed by atoms with Crippen LogP contribution in [-0.4, -0.2) is 18.7 Å². The molecule has 2 rings (SSSR count). The summed E-state index contributed by atoms with van der Waals surface area (Å²) in [6.45, 7) is 7.62. The molecule has 1 unspecified atom stereocenters. The van der Waals surface area contributed by atoms with Gasteiger partial charge in [-0.05, 0) is 42.9 Å². The molecule has 106 valence electrons. The molecule has 2 heteroatoms. The summed E-state index contributed by atoms with van der Waals surface area (Å²) in [6.07, 6.45) is 5.27. The molecule has 1 atom stereocenters. The molecule has 0 bridgehead atoms. The minimum atomic E-state index is 0.262. The second-order valence-electron chi connectivity index (χ2n) is 5.98. The van der Waals surface area contributed by atoms with E-state index in [1.54, 1.807) is 0 Å². The van der Waals surface area contributed by atoms with Gasteiger partial charge in [0.05, 0.1) is 0 Å². The highest BCUT2D eigenvalue weighted by Crippen LogP contribution is 2.21. The summed E-state index contributed by atoms with van der Waals surface area (Å²) in [5, 5.41) is 3.56. The predicted octanol–water partition coefficient (Wildman–Crippen LogP) is 3.79. The highest BCUT2D eigenvalue weighted by molar-refractivity contribution is 5.27. The predicted molar refractivity (Wildman–Crippen MR) is 80.7 cm³/mol. The standard InChI is InChI=1S/C17H27NO/c1-4-5-14-6-10-16(11-7-14)19-17(13(2)3)12-18-15-8-9-15/h6-7,10-11,13,15,17-18H,4-5,8-9,12H2,1-3H3. The van der Waals surface area contributed by atoms with Crippen molar-refractivity contribution in [2.45, 2.75) is 58.6 Å². The third kappa shape index (κ3) is 4.87. The van der Waals surface area contributed by atoms with E-state index in [2.05, 4.69) is 50.4 Å². The van der Waals surface area contributed by atoms with E-state index in [4.69, 9.17) is 4.74 Å². The Morgan fingerprint density at radius 1 is 1.21 bits per heavy atom. The average molecular weight is 261 g/mol. The molecule has 1 fully saturated rings. The summed E-state index contributed by atoms with van der Waals surface area (Å²) in [5.74, 6) is 1.53. The first kappa shape index (κ1) is 14.4. The Kier molecular flexibility index (Phi) is 5.26. The lowest BCUT2D eigenvalue weighted by atomic mass is 10.1. The zero-order valence-electron chi connectivity index (χ0n) is 12.5. The van der Waals surface area contributed by atoms with Gasteiger partial charge in [-0.2, -0.15) is 0 Å². The van der Waals surface area contributed by atoms with Crippen molar-refractivity contribution < 1.29 is 4.74 Å². The van der Waals surface area contributed by atoms with Gasteiger partial charge in [0, 0.05) is 12.6 Å². The van der Waals surface area contributed by atoms with Crippen molar-refractivity contribution >= 4 is 0 Å². The van der Waals surface area contributed by atoms with E-state index in [1.807, 2.05) is 0 Å². The monoisotopic (exact) mass is 261 g/mol. The van der Waals surface area contributed by atoms with Crippen molar-refractivity contribution in [2.75, 3.05) is 6.54 Å². The van der Waals surface area contributed by atoms with Crippen LogP contribution in [0.5, 0.6) is 5.75 Å². The van der Waals surface area contributed by atoms with E-state index in [0.29, 0.717) is 5.92 Å². The third-order valence-corrected chi connectivity index (χ3v) is 3.68. The molecule has 0 amide bonds. The van der Waals surface area contributed by atoms with E-state index in [0.717, 1.165) is 24.8 Å². The molecule has 0 aliphatic heterocycles. The van der Waals surface area contributed by atoms with Crippen molar-refractivity contribution in [3.63, 3.8) is 0 Å². The number of benzene rings is 1. The van der Waals surface area contributed by atoms with Crippen LogP contribution >= 0.6 is 0 Å². The number of nitrogens with one attached hydrogen (secondary N) is 1. The van der Waals surface area contributed by atoms with E-state index < -0.39 is 0 Å². The van der Waals surface area contributed by atoms with E-state index in [-0.39, 0.29) is 6.10 Å². The normalized spacial score (nSPS) is 16.6. The number of aryl methyl sites for hydroxylation is 1. The summed E-state index contributed by atoms with van der Waals surface area (Å²) < 4.78 is 6.12. The first-order valence-corrected chi connectivity index (χ1v) is 7.68. The van der Waals surface area contributed by atoms with Crippen LogP contribution in [0.1, 0.15) is 45.6 Å². The molecule has 1 aromatic carbocycles. The lowest BCUT2D eigenvalue weighted by Gasteiger charge is -2.23. The Morgan fingerprint density at radius 2 is 1.89 bits per heavy atom. The van der Waals surface area contributed by atoms with Crippen LogP contribution in [0.3, 0.4) is 0 Å². The van der Waals surface area contributed by atoms with Gasteiger partial charge in [-0.25, -0.2) is 0 Å². The molecule has 19 heavy (non-hydrogen) atoms. The van der Waals surface area contributed by atoms with E-state index in [9.17, 15) is 0 Å². The fourth-order valence-corrected chi connectivity index (χ4v) is 2.18. The summed E-state index contributed by atoms with van der Waals surface area (Å²) in [7, 11) is 0. The average Bonchev–Trinajstić information content (AvgIpc) is 3.20. The SMILES string of the molecule is CCCc1ccc(OC(CNC2CC2)C(C)C)cc1. The second kappa shape index (κ2) is 6.95. The van der Waals surface area contributed by atoms with Crippen molar-refractivity contribution in [3.05, 3.63) is 29.8 Å². The van der Waals surface area contributed by atoms with Crippen LogP contribution in [0.15, 0.2) is 24.3 Å². The quantitative estimate of drug-likeness (QED) is 0.768. The largest absolute Gasteiger partial charge is 0.489 e. The molecule has 1 N–H and O–H groups in total. The van der Waals surface area contributed by atoms with Gasteiger partial charge < -0.3 is 10.1 Å². The lowest BCUT2D eigenvalue weighted by molar-refractivity contribution is 0.148. The van der Waals surface area contributed by atoms with Crippen LogP contribution < -0.4 is 10.1 Å². The minimum absolute atomic E-state index is 0.262. The zero-order chi connectivity index (χ0) is 13.7. The molecule has 2 nitrogen and oxygen atoms in total. The number of hydrogen-bond donors (Lipinski definition) is 1. The molecule has 1 aliphatic rings. The lowest BCUT2D eigenvalue weighted by Crippen LogP contribution is -2.36. The van der Waals surface area contributed by atoms with Gasteiger partial charge in [0.15, 0.2) is 0 Å². The Labute approximate surface area is 117 Å². The van der Waals surface area contributed by atoms with Crippen molar-refractivity contribution in [3.8, 4) is 5.75 Å². The van der Waals surface area contributed by atoms with Crippen molar-refractivity contribution in [1.29, 1.82) is 0 Å². The number of ether oxygens (including phenoxy) is 1. The minimum Gasteiger partial charge on any atom is -0.489 e. The first-order valence-electron chi connectivity index (χ1n) is 7.68. The van der Waals surface area contributed by atoms with Gasteiger partial charge in [-0.15, -0.1) is 0 Å². The highest BCUT2D eigenvalue weighted by atomic mass is 16.5. The molecule has 1 aromatic rings. The van der Waals surface area contributed by atoms with Gasteiger partial charge in [0.25, 0.3) is 0 Å². The van der Waals surface area contributed by atoms with Gasteiger partial charge in [0.2, 0.25) is 0 Å². The zero-order valence-corrected chi connectivity index (χ0v) is 12.5. The summed E-state index contributed by atoms with van der Waals surface area (Å²) >= 11 is 0. The van der Waals surface area contributed by atoms with Crippen LogP contribution in [-0.2, 0) is 6.42 Å². The van der Waals surface area contributed by atoms with Crippen LogP contribution in [0.25, 0.3) is 0 Å². The van der Waals surface area contributed by atoms with E-state index in [1.165, 1.54) is 24.8 Å². The van der Waals surface area contributed by atoms with Crippen molar-refractivity contribution in [1.82, 2.24) is 5.32 Å². The van der Waals surface area contributed by atoms with Crippen molar-refractivity contribution in [2.24, 2.45) is 5.92 Å². The summed E-state index contributed by atoms with van der Waals surface area (Å²) in [4.78, 5) is 0. The molecule has 0 heterocycles. The van der Waals surface area contributed by atoms with Gasteiger partial charge >= 0.3 is 0 Å². The molecule has 0 spiro atoms. The smallest absolute Gasteiger partial charge is 0.119 e. The van der Waals surface area contributed by atoms with Crippen LogP contribution in [0.4, 0.5) is 0 Å². The van der Waals surface area contributed by atoms with E-state index >= 15 is 0 Å². The molecule has 0 aromatic heterocycles. The Balaban J connectivity index is 1.87. The maximum absolute atomic E-state index is 6.12. The molecule has 0 radical (unpaired) electrons. The maximum atomic E-state index is 6.12. The van der Waals surface area contributed by atoms with Crippen LogP contribution in [0, 0.1) is 5.92 Å². The highest BCUT2D eigenvalue weighted by Gasteiger charge is 2.23. The molecule has 1 saturated carbocycles. The summed E-state index contributed by atoms with van der Waals surface area (Å²) in [5.41, 5.74) is 1.40. The Bertz CT molecular complexity index is 367.